The Labute approximate surface area is 154 Å². The molecule has 0 atom stereocenters. The van der Waals surface area contributed by atoms with E-state index in [1.807, 2.05) is 24.3 Å². The lowest BCUT2D eigenvalue weighted by Gasteiger charge is -2.09. The van der Waals surface area contributed by atoms with Gasteiger partial charge in [-0.1, -0.05) is 38.0 Å². The molecular weight excluding hydrogens is 330 g/mol. The molecule has 26 heavy (non-hydrogen) atoms. The average molecular weight is 355 g/mol. The summed E-state index contributed by atoms with van der Waals surface area (Å²) in [6.07, 6.45) is 4.68. The van der Waals surface area contributed by atoms with E-state index in [0.29, 0.717) is 17.0 Å². The van der Waals surface area contributed by atoms with Crippen LogP contribution in [0.1, 0.15) is 42.1 Å². The zero-order valence-corrected chi connectivity index (χ0v) is 15.3. The van der Waals surface area contributed by atoms with Crippen LogP contribution in [0.3, 0.4) is 0 Å². The highest BCUT2D eigenvalue weighted by Gasteiger charge is 2.08. The first-order valence-corrected chi connectivity index (χ1v) is 8.82. The molecule has 0 unspecified atom stereocenters. The van der Waals surface area contributed by atoms with Crippen LogP contribution in [-0.2, 0) is 16.0 Å². The van der Waals surface area contributed by atoms with Gasteiger partial charge in [-0.3, -0.25) is 4.79 Å². The predicted molar refractivity (Wildman–Crippen MR) is 102 cm³/mol. The van der Waals surface area contributed by atoms with Gasteiger partial charge in [0.25, 0.3) is 5.91 Å². The van der Waals surface area contributed by atoms with Crippen molar-refractivity contribution in [3.8, 4) is 5.75 Å². The van der Waals surface area contributed by atoms with Crippen molar-refractivity contribution >= 4 is 17.6 Å². The second-order valence-corrected chi connectivity index (χ2v) is 6.01. The van der Waals surface area contributed by atoms with Gasteiger partial charge in [0.15, 0.2) is 6.61 Å². The molecule has 5 nitrogen and oxygen atoms in total. The van der Waals surface area contributed by atoms with Crippen molar-refractivity contribution < 1.29 is 19.1 Å². The zero-order chi connectivity index (χ0) is 18.8. The third-order valence-electron chi connectivity index (χ3n) is 3.93. The van der Waals surface area contributed by atoms with E-state index in [1.54, 1.807) is 24.3 Å². The SMILES string of the molecule is CCCCCc1ccc(OCC(=O)Nc2cccc(C(=O)OC)c2)cc1. The van der Waals surface area contributed by atoms with E-state index in [-0.39, 0.29) is 12.5 Å². The van der Waals surface area contributed by atoms with Gasteiger partial charge in [0.05, 0.1) is 12.7 Å². The number of unbranched alkanes of at least 4 members (excludes halogenated alkanes) is 2. The largest absolute Gasteiger partial charge is 0.484 e. The number of hydrogen-bond donors (Lipinski definition) is 1. The molecule has 0 aliphatic carbocycles. The van der Waals surface area contributed by atoms with Crippen LogP contribution < -0.4 is 10.1 Å². The number of ether oxygens (including phenoxy) is 2. The molecule has 0 radical (unpaired) electrons. The number of amides is 1. The number of carbonyl (C=O) groups is 2. The maximum absolute atomic E-state index is 12.0. The zero-order valence-electron chi connectivity index (χ0n) is 15.3. The molecule has 0 aromatic heterocycles. The van der Waals surface area contributed by atoms with Crippen LogP contribution in [0, 0.1) is 0 Å². The first kappa shape index (κ1) is 19.5. The molecule has 1 N–H and O–H groups in total. The second kappa shape index (κ2) is 10.2. The van der Waals surface area contributed by atoms with Gasteiger partial charge in [0.1, 0.15) is 5.75 Å². The van der Waals surface area contributed by atoms with Crippen molar-refractivity contribution in [2.24, 2.45) is 0 Å². The molecule has 0 aliphatic rings. The number of carbonyl (C=O) groups excluding carboxylic acids is 2. The predicted octanol–water partition coefficient (Wildman–Crippen LogP) is 4.22. The normalized spacial score (nSPS) is 10.2. The molecular formula is C21H25NO4. The summed E-state index contributed by atoms with van der Waals surface area (Å²) < 4.78 is 10.2. The number of hydrogen-bond acceptors (Lipinski definition) is 4. The van der Waals surface area contributed by atoms with Gasteiger partial charge in [0.2, 0.25) is 0 Å². The van der Waals surface area contributed by atoms with Crippen LogP contribution in [0.15, 0.2) is 48.5 Å². The highest BCUT2D eigenvalue weighted by atomic mass is 16.5. The number of rotatable bonds is 9. The fourth-order valence-corrected chi connectivity index (χ4v) is 2.52. The molecule has 138 valence electrons. The lowest BCUT2D eigenvalue weighted by Crippen LogP contribution is -2.20. The third kappa shape index (κ3) is 6.24. The average Bonchev–Trinajstić information content (AvgIpc) is 2.67. The van der Waals surface area contributed by atoms with Crippen molar-refractivity contribution in [1.82, 2.24) is 0 Å². The topological polar surface area (TPSA) is 64.6 Å². The van der Waals surface area contributed by atoms with Crippen molar-refractivity contribution in [1.29, 1.82) is 0 Å². The number of methoxy groups -OCH3 is 1. The monoisotopic (exact) mass is 355 g/mol. The minimum absolute atomic E-state index is 0.0996. The van der Waals surface area contributed by atoms with Crippen LogP contribution >= 0.6 is 0 Å². The summed E-state index contributed by atoms with van der Waals surface area (Å²) in [4.78, 5) is 23.5. The van der Waals surface area contributed by atoms with E-state index >= 15 is 0 Å². The van der Waals surface area contributed by atoms with Crippen molar-refractivity contribution in [2.75, 3.05) is 19.0 Å². The Balaban J connectivity index is 1.82. The third-order valence-corrected chi connectivity index (χ3v) is 3.93. The lowest BCUT2D eigenvalue weighted by molar-refractivity contribution is -0.118. The molecule has 2 aromatic rings. The maximum atomic E-state index is 12.0. The second-order valence-electron chi connectivity index (χ2n) is 6.01. The Kier molecular flexibility index (Phi) is 7.68. The minimum atomic E-state index is -0.448. The summed E-state index contributed by atoms with van der Waals surface area (Å²) in [6.45, 7) is 2.09. The fraction of sp³-hybridized carbons (Fsp3) is 0.333. The van der Waals surface area contributed by atoms with E-state index < -0.39 is 5.97 Å². The number of benzene rings is 2. The van der Waals surface area contributed by atoms with Crippen LogP contribution in [0.5, 0.6) is 5.75 Å². The smallest absolute Gasteiger partial charge is 0.337 e. The number of anilines is 1. The quantitative estimate of drug-likeness (QED) is 0.540. The number of aryl methyl sites for hydroxylation is 1. The fourth-order valence-electron chi connectivity index (χ4n) is 2.52. The Morgan fingerprint density at radius 1 is 1.04 bits per heavy atom. The lowest BCUT2D eigenvalue weighted by atomic mass is 10.1. The van der Waals surface area contributed by atoms with Crippen LogP contribution in [0.2, 0.25) is 0 Å². The highest BCUT2D eigenvalue weighted by Crippen LogP contribution is 2.15. The first-order valence-electron chi connectivity index (χ1n) is 8.82. The van der Waals surface area contributed by atoms with E-state index in [2.05, 4.69) is 17.0 Å². The van der Waals surface area contributed by atoms with Gasteiger partial charge in [-0.05, 0) is 48.7 Å². The molecule has 2 rings (SSSR count). The van der Waals surface area contributed by atoms with Crippen LogP contribution in [-0.4, -0.2) is 25.6 Å². The molecule has 0 spiro atoms. The van der Waals surface area contributed by atoms with Crippen molar-refractivity contribution in [2.45, 2.75) is 32.6 Å². The number of nitrogens with one attached hydrogen (secondary N) is 1. The van der Waals surface area contributed by atoms with Gasteiger partial charge in [0, 0.05) is 5.69 Å². The summed E-state index contributed by atoms with van der Waals surface area (Å²) >= 11 is 0. The van der Waals surface area contributed by atoms with Crippen molar-refractivity contribution in [3.05, 3.63) is 59.7 Å². The Bertz CT molecular complexity index is 725. The molecule has 0 saturated carbocycles. The molecule has 1 amide bonds. The molecule has 0 bridgehead atoms. The molecule has 0 heterocycles. The van der Waals surface area contributed by atoms with Crippen LogP contribution in [0.25, 0.3) is 0 Å². The summed E-state index contributed by atoms with van der Waals surface area (Å²) in [5.41, 5.74) is 2.17. The summed E-state index contributed by atoms with van der Waals surface area (Å²) in [6, 6.07) is 14.4. The minimum Gasteiger partial charge on any atom is -0.484 e. The van der Waals surface area contributed by atoms with Crippen LogP contribution in [0.4, 0.5) is 5.69 Å². The van der Waals surface area contributed by atoms with Gasteiger partial charge in [-0.25, -0.2) is 4.79 Å². The first-order chi connectivity index (χ1) is 12.6. The summed E-state index contributed by atoms with van der Waals surface area (Å²) in [5.74, 6) is -0.0851. The van der Waals surface area contributed by atoms with Gasteiger partial charge < -0.3 is 14.8 Å². The summed E-state index contributed by atoms with van der Waals surface area (Å²) in [7, 11) is 1.32. The summed E-state index contributed by atoms with van der Waals surface area (Å²) in [5, 5.41) is 2.71. The number of esters is 1. The Morgan fingerprint density at radius 2 is 1.81 bits per heavy atom. The van der Waals surface area contributed by atoms with E-state index in [9.17, 15) is 9.59 Å². The van der Waals surface area contributed by atoms with Gasteiger partial charge in [-0.2, -0.15) is 0 Å². The van der Waals surface area contributed by atoms with Crippen molar-refractivity contribution in [3.63, 3.8) is 0 Å². The highest BCUT2D eigenvalue weighted by molar-refractivity contribution is 5.95. The van der Waals surface area contributed by atoms with Gasteiger partial charge in [-0.15, -0.1) is 0 Å². The molecule has 0 aliphatic heterocycles. The molecule has 0 fully saturated rings. The maximum Gasteiger partial charge on any atom is 0.337 e. The Hall–Kier alpha value is -2.82. The molecule has 5 heteroatoms. The molecule has 2 aromatic carbocycles. The van der Waals surface area contributed by atoms with E-state index in [0.717, 1.165) is 6.42 Å². The van der Waals surface area contributed by atoms with E-state index in [4.69, 9.17) is 4.74 Å². The Morgan fingerprint density at radius 3 is 2.50 bits per heavy atom. The van der Waals surface area contributed by atoms with Gasteiger partial charge >= 0.3 is 5.97 Å². The van der Waals surface area contributed by atoms with E-state index in [1.165, 1.54) is 31.9 Å². The molecule has 0 saturated heterocycles. The standard InChI is InChI=1S/C21H25NO4/c1-3-4-5-7-16-10-12-19(13-11-16)26-15-20(23)22-18-9-6-8-17(14-18)21(24)25-2/h6,8-14H,3-5,7,15H2,1-2H3,(H,22,23).